The van der Waals surface area contributed by atoms with Crippen molar-refractivity contribution in [1.29, 1.82) is 0 Å². The summed E-state index contributed by atoms with van der Waals surface area (Å²) < 4.78 is 6.14. The zero-order valence-electron chi connectivity index (χ0n) is 27.4. The maximum absolute atomic E-state index is 12.6. The van der Waals surface area contributed by atoms with Crippen LogP contribution in [0.4, 0.5) is 0 Å². The summed E-state index contributed by atoms with van der Waals surface area (Å²) >= 11 is 0. The monoisotopic (exact) mass is 593 g/mol. The van der Waals surface area contributed by atoms with Crippen LogP contribution in [0.1, 0.15) is 141 Å². The van der Waals surface area contributed by atoms with Crippen LogP contribution in [0.3, 0.4) is 0 Å². The molecule has 2 N–H and O–H groups in total. The van der Waals surface area contributed by atoms with Gasteiger partial charge in [0.05, 0.1) is 12.7 Å². The predicted octanol–water partition coefficient (Wildman–Crippen LogP) is 8.38. The topological polar surface area (TPSA) is 75.6 Å². The van der Waals surface area contributed by atoms with Gasteiger partial charge in [0.15, 0.2) is 0 Å². The summed E-state index contributed by atoms with van der Waals surface area (Å²) in [5.41, 5.74) is 1.70. The number of Topliss-reactive ketones (excluding diaryl/α,β-unsaturated/α-hetero) is 1. The molecule has 0 spiro atoms. The average Bonchev–Trinajstić information content (AvgIpc) is 3.31. The van der Waals surface area contributed by atoms with E-state index in [9.17, 15) is 14.7 Å². The normalized spacial score (nSPS) is 35.1. The summed E-state index contributed by atoms with van der Waals surface area (Å²) in [4.78, 5) is 24.5. The van der Waals surface area contributed by atoms with Gasteiger partial charge in [-0.2, -0.15) is 0 Å². The zero-order chi connectivity index (χ0) is 30.5. The number of aliphatic hydroxyl groups is 1. The minimum Gasteiger partial charge on any atom is -0.494 e. The second kappa shape index (κ2) is 14.5. The first kappa shape index (κ1) is 32.5. The molecule has 0 saturated heterocycles. The minimum atomic E-state index is -0.173. The van der Waals surface area contributed by atoms with Crippen LogP contribution in [0.25, 0.3) is 0 Å². The van der Waals surface area contributed by atoms with Crippen molar-refractivity contribution >= 4 is 11.7 Å². The van der Waals surface area contributed by atoms with E-state index in [4.69, 9.17) is 4.74 Å². The van der Waals surface area contributed by atoms with Gasteiger partial charge >= 0.3 is 0 Å². The smallest absolute Gasteiger partial charge is 0.219 e. The van der Waals surface area contributed by atoms with Crippen LogP contribution in [0.5, 0.6) is 5.75 Å². The molecule has 0 aromatic heterocycles. The van der Waals surface area contributed by atoms with Crippen molar-refractivity contribution in [3.05, 3.63) is 29.8 Å². The molecule has 4 aliphatic rings. The first-order valence-electron chi connectivity index (χ1n) is 18.0. The number of benzene rings is 1. The summed E-state index contributed by atoms with van der Waals surface area (Å²) in [7, 11) is 0. The molecule has 5 nitrogen and oxygen atoms in total. The molecular weight excluding hydrogens is 534 g/mol. The van der Waals surface area contributed by atoms with Gasteiger partial charge in [0, 0.05) is 25.8 Å². The third kappa shape index (κ3) is 7.18. The van der Waals surface area contributed by atoms with Crippen LogP contribution < -0.4 is 10.1 Å². The lowest BCUT2D eigenvalue weighted by atomic mass is 9.42. The zero-order valence-corrected chi connectivity index (χ0v) is 27.4. The fraction of sp³-hybridized carbons (Fsp3) is 0.789. The van der Waals surface area contributed by atoms with Gasteiger partial charge < -0.3 is 15.2 Å². The number of hydrogen-bond acceptors (Lipinski definition) is 4. The number of ketones is 1. The van der Waals surface area contributed by atoms with Crippen molar-refractivity contribution in [2.45, 2.75) is 142 Å². The number of nitrogens with one attached hydrogen (secondary N) is 1. The van der Waals surface area contributed by atoms with Gasteiger partial charge in [0.1, 0.15) is 11.5 Å². The fourth-order valence-corrected chi connectivity index (χ4v) is 9.99. The molecule has 5 rings (SSSR count). The highest BCUT2D eigenvalue weighted by Gasteiger charge is 2.62. The van der Waals surface area contributed by atoms with Gasteiger partial charge in [-0.3, -0.25) is 9.59 Å². The molecule has 1 aromatic rings. The minimum absolute atomic E-state index is 0.0385. The Labute approximate surface area is 261 Å². The lowest BCUT2D eigenvalue weighted by molar-refractivity contribution is -0.146. The summed E-state index contributed by atoms with van der Waals surface area (Å²) in [5.74, 6) is 4.34. The summed E-state index contributed by atoms with van der Waals surface area (Å²) in [6.07, 6.45) is 17.4. The number of rotatable bonds is 14. The quantitative estimate of drug-likeness (QED) is 0.213. The highest BCUT2D eigenvalue weighted by Crippen LogP contribution is 2.68. The molecule has 0 aliphatic heterocycles. The van der Waals surface area contributed by atoms with Gasteiger partial charge in [-0.25, -0.2) is 0 Å². The Bertz CT molecular complexity index is 1070. The molecule has 8 atom stereocenters. The maximum Gasteiger partial charge on any atom is 0.219 e. The third-order valence-corrected chi connectivity index (χ3v) is 12.7. The number of fused-ring (bicyclic) bond motifs is 5. The van der Waals surface area contributed by atoms with E-state index in [1.54, 1.807) is 0 Å². The van der Waals surface area contributed by atoms with Crippen LogP contribution in [-0.4, -0.2) is 36.1 Å². The second-order valence-corrected chi connectivity index (χ2v) is 15.2. The van der Waals surface area contributed by atoms with Gasteiger partial charge in [-0.05, 0) is 116 Å². The van der Waals surface area contributed by atoms with Crippen molar-refractivity contribution < 1.29 is 19.4 Å². The number of carbonyl (C=O) groups is 2. The molecule has 0 bridgehead atoms. The Hall–Kier alpha value is -1.88. The standard InChI is InChI=1S/C38H59NO4/c1-4-5-10-23-39-35(42)12-9-7-6-8-11-24-43-30-15-13-27(14-16-30)31-26-28-25-29(40)19-21-37(28,2)33-20-22-38(3)32(36(31)33)17-18-34(38)41/h13-16,28,31-34,36,41H,4-12,17-26H2,1-3H3,(H,39,42)/t28-,31+,32+,33+,34+,36+,37+,38+/m1/s1. The average molecular weight is 594 g/mol. The Morgan fingerprint density at radius 1 is 0.930 bits per heavy atom. The number of carbonyl (C=O) groups excluding carboxylic acids is 2. The van der Waals surface area contributed by atoms with E-state index in [1.807, 2.05) is 0 Å². The molecular formula is C38H59NO4. The SMILES string of the molecule is CCCCCNC(=O)CCCCCCCOc1ccc([C@@H]2C[C@H]3CC(=O)CC[C@]3(C)[C@H]3CC[C@]4(C)[C@@H](O)CC[C@H]4[C@H]23)cc1. The molecule has 1 aromatic carbocycles. The fourth-order valence-electron chi connectivity index (χ4n) is 9.99. The van der Waals surface area contributed by atoms with Crippen molar-refractivity contribution in [3.8, 4) is 5.75 Å². The second-order valence-electron chi connectivity index (χ2n) is 15.2. The van der Waals surface area contributed by atoms with E-state index >= 15 is 0 Å². The van der Waals surface area contributed by atoms with Crippen LogP contribution in [-0.2, 0) is 9.59 Å². The highest BCUT2D eigenvalue weighted by atomic mass is 16.5. The lowest BCUT2D eigenvalue weighted by Gasteiger charge is -2.62. The molecule has 240 valence electrons. The molecule has 0 radical (unpaired) electrons. The largest absolute Gasteiger partial charge is 0.494 e. The summed E-state index contributed by atoms with van der Waals surface area (Å²) in [6, 6.07) is 8.92. The molecule has 0 heterocycles. The van der Waals surface area contributed by atoms with Crippen LogP contribution in [0, 0.1) is 34.5 Å². The number of ether oxygens (including phenoxy) is 1. The van der Waals surface area contributed by atoms with E-state index in [1.165, 1.54) is 24.8 Å². The van der Waals surface area contributed by atoms with Gasteiger partial charge in [-0.1, -0.05) is 65.0 Å². The molecule has 4 fully saturated rings. The molecule has 1 amide bonds. The Morgan fingerprint density at radius 3 is 2.47 bits per heavy atom. The van der Waals surface area contributed by atoms with Crippen LogP contribution >= 0.6 is 0 Å². The van der Waals surface area contributed by atoms with Crippen LogP contribution in [0.15, 0.2) is 24.3 Å². The van der Waals surface area contributed by atoms with E-state index in [2.05, 4.69) is 50.4 Å². The maximum atomic E-state index is 12.6. The van der Waals surface area contributed by atoms with E-state index < -0.39 is 0 Å². The highest BCUT2D eigenvalue weighted by molar-refractivity contribution is 5.79. The Kier molecular flexibility index (Phi) is 10.9. The molecule has 4 aliphatic carbocycles. The van der Waals surface area contributed by atoms with Gasteiger partial charge in [0.25, 0.3) is 0 Å². The van der Waals surface area contributed by atoms with Gasteiger partial charge in [-0.15, -0.1) is 0 Å². The van der Waals surface area contributed by atoms with Crippen LogP contribution in [0.2, 0.25) is 0 Å². The Balaban J connectivity index is 1.12. The van der Waals surface area contributed by atoms with Gasteiger partial charge in [0.2, 0.25) is 5.91 Å². The van der Waals surface area contributed by atoms with Crippen molar-refractivity contribution in [3.63, 3.8) is 0 Å². The first-order chi connectivity index (χ1) is 20.8. The van der Waals surface area contributed by atoms with E-state index in [-0.39, 0.29) is 22.8 Å². The van der Waals surface area contributed by atoms with E-state index in [0.29, 0.717) is 41.8 Å². The van der Waals surface area contributed by atoms with Crippen molar-refractivity contribution in [1.82, 2.24) is 5.32 Å². The summed E-state index contributed by atoms with van der Waals surface area (Å²) in [6.45, 7) is 8.60. The van der Waals surface area contributed by atoms with Crippen molar-refractivity contribution in [2.24, 2.45) is 34.5 Å². The Morgan fingerprint density at radius 2 is 1.67 bits per heavy atom. The molecule has 4 saturated carbocycles. The number of unbranched alkanes of at least 4 members (excludes halogenated alkanes) is 6. The number of hydrogen-bond donors (Lipinski definition) is 2. The first-order valence-corrected chi connectivity index (χ1v) is 18.0. The molecule has 5 heteroatoms. The van der Waals surface area contributed by atoms with E-state index in [0.717, 1.165) is 102 Å². The third-order valence-electron chi connectivity index (χ3n) is 12.7. The number of aliphatic hydroxyl groups excluding tert-OH is 1. The predicted molar refractivity (Wildman–Crippen MR) is 173 cm³/mol. The number of amides is 1. The van der Waals surface area contributed by atoms with Crippen molar-refractivity contribution in [2.75, 3.05) is 13.2 Å². The molecule has 43 heavy (non-hydrogen) atoms. The lowest BCUT2D eigenvalue weighted by Crippen LogP contribution is -2.56. The molecule has 0 unspecified atom stereocenters. The summed E-state index contributed by atoms with van der Waals surface area (Å²) in [5, 5.41) is 14.1.